The molecule has 6 heteroatoms. The molecule has 4 nitrogen and oxygen atoms in total. The molecule has 0 aliphatic rings. The van der Waals surface area contributed by atoms with E-state index in [-0.39, 0.29) is 5.92 Å². The first kappa shape index (κ1) is 15.5. The highest BCUT2D eigenvalue weighted by Gasteiger charge is 2.18. The lowest BCUT2D eigenvalue weighted by Gasteiger charge is -2.21. The number of ether oxygens (including phenoxy) is 1. The maximum atomic E-state index is 11.5. The van der Waals surface area contributed by atoms with Crippen molar-refractivity contribution in [3.8, 4) is 0 Å². The highest BCUT2D eigenvalue weighted by molar-refractivity contribution is 9.11. The van der Waals surface area contributed by atoms with Crippen LogP contribution in [0.4, 0.5) is 4.79 Å². The van der Waals surface area contributed by atoms with Gasteiger partial charge in [0.2, 0.25) is 0 Å². The number of hydrogen-bond donors (Lipinski definition) is 2. The standard InChI is InChI=1S/C12H19BrN2O2S/c1-12(2,3)17-11(16)15-6-9(5-14)8-4-10(13)18-7-8/h4,7,9H,5-6,14H2,1-3H3,(H,15,16). The van der Waals surface area contributed by atoms with E-state index in [1.807, 2.05) is 32.2 Å². The van der Waals surface area contributed by atoms with Crippen LogP contribution >= 0.6 is 27.3 Å². The fraction of sp³-hybridized carbons (Fsp3) is 0.583. The van der Waals surface area contributed by atoms with E-state index in [0.29, 0.717) is 13.1 Å². The second kappa shape index (κ2) is 6.54. The van der Waals surface area contributed by atoms with Gasteiger partial charge in [-0.2, -0.15) is 0 Å². The van der Waals surface area contributed by atoms with E-state index in [2.05, 4.69) is 21.2 Å². The second-order valence-corrected chi connectivity index (χ2v) is 7.29. The van der Waals surface area contributed by atoms with Crippen molar-refractivity contribution in [3.05, 3.63) is 20.8 Å². The molecule has 0 aliphatic carbocycles. The quantitative estimate of drug-likeness (QED) is 0.889. The molecule has 0 radical (unpaired) electrons. The number of amides is 1. The van der Waals surface area contributed by atoms with Gasteiger partial charge in [0.1, 0.15) is 5.60 Å². The van der Waals surface area contributed by atoms with Crippen molar-refractivity contribution in [2.24, 2.45) is 5.73 Å². The summed E-state index contributed by atoms with van der Waals surface area (Å²) in [5.41, 5.74) is 6.38. The number of alkyl carbamates (subject to hydrolysis) is 1. The van der Waals surface area contributed by atoms with Crippen LogP contribution in [0.25, 0.3) is 0 Å². The number of rotatable bonds is 4. The fourth-order valence-corrected chi connectivity index (χ4v) is 2.65. The van der Waals surface area contributed by atoms with Crippen molar-refractivity contribution in [3.63, 3.8) is 0 Å². The molecule has 18 heavy (non-hydrogen) atoms. The molecule has 3 N–H and O–H groups in total. The maximum absolute atomic E-state index is 11.5. The lowest BCUT2D eigenvalue weighted by molar-refractivity contribution is 0.0525. The Morgan fingerprint density at radius 3 is 2.72 bits per heavy atom. The van der Waals surface area contributed by atoms with Crippen molar-refractivity contribution >= 4 is 33.4 Å². The van der Waals surface area contributed by atoms with Crippen LogP contribution in [0.15, 0.2) is 15.2 Å². The van der Waals surface area contributed by atoms with Crippen LogP contribution in [-0.2, 0) is 4.74 Å². The summed E-state index contributed by atoms with van der Waals surface area (Å²) in [6.07, 6.45) is -0.407. The predicted molar refractivity (Wildman–Crippen MR) is 78.1 cm³/mol. The van der Waals surface area contributed by atoms with Crippen molar-refractivity contribution in [1.29, 1.82) is 0 Å². The third-order valence-corrected chi connectivity index (χ3v) is 3.76. The van der Waals surface area contributed by atoms with Gasteiger partial charge in [0.25, 0.3) is 0 Å². The highest BCUT2D eigenvalue weighted by atomic mass is 79.9. The van der Waals surface area contributed by atoms with Crippen LogP contribution in [0.1, 0.15) is 32.3 Å². The van der Waals surface area contributed by atoms with Crippen LogP contribution in [0.3, 0.4) is 0 Å². The summed E-state index contributed by atoms with van der Waals surface area (Å²) in [6.45, 7) is 6.47. The van der Waals surface area contributed by atoms with E-state index >= 15 is 0 Å². The summed E-state index contributed by atoms with van der Waals surface area (Å²) in [5.74, 6) is 0.111. The summed E-state index contributed by atoms with van der Waals surface area (Å²) in [4.78, 5) is 11.5. The van der Waals surface area contributed by atoms with Crippen LogP contribution in [0.2, 0.25) is 0 Å². The van der Waals surface area contributed by atoms with Gasteiger partial charge in [-0.1, -0.05) is 0 Å². The lowest BCUT2D eigenvalue weighted by Crippen LogP contribution is -2.36. The zero-order valence-electron chi connectivity index (χ0n) is 10.8. The molecular weight excluding hydrogens is 316 g/mol. The van der Waals surface area contributed by atoms with Gasteiger partial charge < -0.3 is 15.8 Å². The van der Waals surface area contributed by atoms with E-state index in [9.17, 15) is 4.79 Å². The maximum Gasteiger partial charge on any atom is 0.407 e. The Balaban J connectivity index is 2.48. The van der Waals surface area contributed by atoms with E-state index in [0.717, 1.165) is 9.35 Å². The summed E-state index contributed by atoms with van der Waals surface area (Å²) in [7, 11) is 0. The topological polar surface area (TPSA) is 64.3 Å². The Morgan fingerprint density at radius 1 is 1.61 bits per heavy atom. The Labute approximate surface area is 120 Å². The molecule has 102 valence electrons. The Hall–Kier alpha value is -0.590. The number of carbonyl (C=O) groups is 1. The summed E-state index contributed by atoms with van der Waals surface area (Å²) in [5, 5.41) is 4.79. The van der Waals surface area contributed by atoms with Gasteiger partial charge in [0, 0.05) is 19.0 Å². The molecule has 1 atom stereocenters. The molecule has 0 saturated carbocycles. The van der Waals surface area contributed by atoms with Crippen LogP contribution < -0.4 is 11.1 Å². The number of halogens is 1. The molecule has 1 rings (SSSR count). The largest absolute Gasteiger partial charge is 0.444 e. The van der Waals surface area contributed by atoms with Gasteiger partial charge >= 0.3 is 6.09 Å². The monoisotopic (exact) mass is 334 g/mol. The van der Waals surface area contributed by atoms with Crippen LogP contribution in [0.5, 0.6) is 0 Å². The van der Waals surface area contributed by atoms with Crippen molar-refractivity contribution in [2.45, 2.75) is 32.3 Å². The molecule has 0 aliphatic heterocycles. The summed E-state index contributed by atoms with van der Waals surface area (Å²) < 4.78 is 6.24. The Kier molecular flexibility index (Phi) is 5.62. The summed E-state index contributed by atoms with van der Waals surface area (Å²) >= 11 is 5.02. The van der Waals surface area contributed by atoms with Gasteiger partial charge in [0.15, 0.2) is 0 Å². The molecule has 1 heterocycles. The number of nitrogens with two attached hydrogens (primary N) is 1. The number of carbonyl (C=O) groups excluding carboxylic acids is 1. The second-order valence-electron chi connectivity index (χ2n) is 5.00. The third kappa shape index (κ3) is 5.37. The lowest BCUT2D eigenvalue weighted by atomic mass is 10.0. The first-order valence-electron chi connectivity index (χ1n) is 5.72. The number of hydrogen-bond acceptors (Lipinski definition) is 4. The minimum Gasteiger partial charge on any atom is -0.444 e. The van der Waals surface area contributed by atoms with E-state index in [1.165, 1.54) is 0 Å². The zero-order chi connectivity index (χ0) is 13.8. The van der Waals surface area contributed by atoms with E-state index in [4.69, 9.17) is 10.5 Å². The molecule has 1 aromatic rings. The van der Waals surface area contributed by atoms with Gasteiger partial charge in [-0.3, -0.25) is 0 Å². The molecule has 1 aromatic heterocycles. The van der Waals surface area contributed by atoms with E-state index < -0.39 is 11.7 Å². The average molecular weight is 335 g/mol. The van der Waals surface area contributed by atoms with Crippen molar-refractivity contribution in [1.82, 2.24) is 5.32 Å². The van der Waals surface area contributed by atoms with Gasteiger partial charge in [-0.05, 0) is 53.7 Å². The normalized spacial score (nSPS) is 13.2. The Morgan fingerprint density at radius 2 is 2.28 bits per heavy atom. The van der Waals surface area contributed by atoms with Crippen LogP contribution in [0, 0.1) is 0 Å². The van der Waals surface area contributed by atoms with Gasteiger partial charge in [-0.15, -0.1) is 11.3 Å². The predicted octanol–water partition coefficient (Wildman–Crippen LogP) is 3.08. The molecule has 0 aromatic carbocycles. The first-order chi connectivity index (χ1) is 8.31. The Bertz CT molecular complexity index is 401. The SMILES string of the molecule is CC(C)(C)OC(=O)NCC(CN)c1csc(Br)c1. The van der Waals surface area contributed by atoms with Crippen molar-refractivity contribution < 1.29 is 9.53 Å². The van der Waals surface area contributed by atoms with Crippen molar-refractivity contribution in [2.75, 3.05) is 13.1 Å². The molecule has 0 fully saturated rings. The number of thiophene rings is 1. The minimum atomic E-state index is -0.478. The zero-order valence-corrected chi connectivity index (χ0v) is 13.2. The molecule has 0 saturated heterocycles. The molecule has 0 bridgehead atoms. The molecule has 0 spiro atoms. The first-order valence-corrected chi connectivity index (χ1v) is 7.40. The van der Waals surface area contributed by atoms with Crippen LogP contribution in [-0.4, -0.2) is 24.8 Å². The molecule has 1 unspecified atom stereocenters. The molecule has 1 amide bonds. The summed E-state index contributed by atoms with van der Waals surface area (Å²) in [6, 6.07) is 2.03. The highest BCUT2D eigenvalue weighted by Crippen LogP contribution is 2.25. The molecular formula is C12H19BrN2O2S. The smallest absolute Gasteiger partial charge is 0.407 e. The fourth-order valence-electron chi connectivity index (χ4n) is 1.40. The average Bonchev–Trinajstić information content (AvgIpc) is 2.63. The van der Waals surface area contributed by atoms with Gasteiger partial charge in [-0.25, -0.2) is 4.79 Å². The number of nitrogens with one attached hydrogen (secondary N) is 1. The van der Waals surface area contributed by atoms with Gasteiger partial charge in [0.05, 0.1) is 3.79 Å². The minimum absolute atomic E-state index is 0.111. The van der Waals surface area contributed by atoms with E-state index in [1.54, 1.807) is 11.3 Å². The third-order valence-electron chi connectivity index (χ3n) is 2.24.